The summed E-state index contributed by atoms with van der Waals surface area (Å²) in [5.41, 5.74) is 2.24. The van der Waals surface area contributed by atoms with Crippen LogP contribution in [-0.2, 0) is 0 Å². The molecule has 70 valence electrons. The van der Waals surface area contributed by atoms with Crippen LogP contribution >= 0.6 is 15.9 Å². The third-order valence-electron chi connectivity index (χ3n) is 2.05. The highest BCUT2D eigenvalue weighted by Gasteiger charge is 2.00. The molecule has 2 heteroatoms. The van der Waals surface area contributed by atoms with Gasteiger partial charge in [-0.25, -0.2) is 0 Å². The maximum atomic E-state index is 9.34. The molecule has 0 aliphatic heterocycles. The van der Waals surface area contributed by atoms with Crippen LogP contribution in [0.1, 0.15) is 0 Å². The van der Waals surface area contributed by atoms with E-state index in [4.69, 9.17) is 0 Å². The molecule has 0 aliphatic rings. The van der Waals surface area contributed by atoms with Crippen molar-refractivity contribution in [1.82, 2.24) is 0 Å². The van der Waals surface area contributed by atoms with E-state index in [-0.39, 0.29) is 5.75 Å². The Kier molecular flexibility index (Phi) is 2.55. The molecule has 0 saturated carbocycles. The maximum absolute atomic E-state index is 9.34. The fourth-order valence-corrected chi connectivity index (χ4v) is 1.70. The van der Waals surface area contributed by atoms with Gasteiger partial charge in [-0.2, -0.15) is 0 Å². The fourth-order valence-electron chi connectivity index (χ4n) is 1.32. The van der Waals surface area contributed by atoms with Crippen molar-refractivity contribution >= 4 is 15.9 Å². The van der Waals surface area contributed by atoms with E-state index in [2.05, 4.69) is 15.9 Å². The molecule has 1 nitrogen and oxygen atoms in total. The molecule has 0 fully saturated rings. The average molecular weight is 249 g/mol. The second kappa shape index (κ2) is 3.84. The van der Waals surface area contributed by atoms with Crippen LogP contribution in [0.2, 0.25) is 0 Å². The van der Waals surface area contributed by atoms with Gasteiger partial charge in [0.05, 0.1) is 4.47 Å². The van der Waals surface area contributed by atoms with E-state index in [0.717, 1.165) is 15.6 Å². The number of hydrogen-bond donors (Lipinski definition) is 1. The summed E-state index contributed by atoms with van der Waals surface area (Å²) in [6, 6.07) is 15.6. The molecule has 2 aromatic rings. The highest BCUT2D eigenvalue weighted by atomic mass is 79.9. The van der Waals surface area contributed by atoms with Gasteiger partial charge in [-0.15, -0.1) is 0 Å². The van der Waals surface area contributed by atoms with Crippen LogP contribution in [0, 0.1) is 0 Å². The van der Waals surface area contributed by atoms with Crippen LogP contribution in [-0.4, -0.2) is 5.11 Å². The third-order valence-corrected chi connectivity index (χ3v) is 2.69. The van der Waals surface area contributed by atoms with Gasteiger partial charge in [0.25, 0.3) is 0 Å². The van der Waals surface area contributed by atoms with E-state index in [9.17, 15) is 5.11 Å². The van der Waals surface area contributed by atoms with Gasteiger partial charge >= 0.3 is 0 Å². The Hall–Kier alpha value is -1.28. The van der Waals surface area contributed by atoms with E-state index in [0.29, 0.717) is 0 Å². The van der Waals surface area contributed by atoms with Gasteiger partial charge in [-0.05, 0) is 39.2 Å². The molecule has 0 atom stereocenters. The second-order valence-electron chi connectivity index (χ2n) is 3.03. The molecule has 0 spiro atoms. The summed E-state index contributed by atoms with van der Waals surface area (Å²) in [4.78, 5) is 0. The topological polar surface area (TPSA) is 20.2 Å². The zero-order valence-corrected chi connectivity index (χ0v) is 9.03. The van der Waals surface area contributed by atoms with E-state index >= 15 is 0 Å². The summed E-state index contributed by atoms with van der Waals surface area (Å²) in [5, 5.41) is 9.34. The molecule has 0 aromatic heterocycles. The first kappa shape index (κ1) is 9.28. The maximum Gasteiger partial charge on any atom is 0.129 e. The Morgan fingerprint density at radius 3 is 2.21 bits per heavy atom. The molecule has 0 heterocycles. The molecule has 2 rings (SSSR count). The number of hydrogen-bond acceptors (Lipinski definition) is 1. The minimum atomic E-state index is 0.268. The number of rotatable bonds is 1. The number of benzene rings is 2. The summed E-state index contributed by atoms with van der Waals surface area (Å²) in [7, 11) is 0. The second-order valence-corrected chi connectivity index (χ2v) is 3.89. The predicted molar refractivity (Wildman–Crippen MR) is 61.2 cm³/mol. The van der Waals surface area contributed by atoms with Crippen LogP contribution in [0.15, 0.2) is 53.0 Å². The summed E-state index contributed by atoms with van der Waals surface area (Å²) in [5.74, 6) is 0.268. The van der Waals surface area contributed by atoms with E-state index in [1.54, 1.807) is 6.07 Å². The Morgan fingerprint density at radius 2 is 1.57 bits per heavy atom. The lowest BCUT2D eigenvalue weighted by Crippen LogP contribution is -1.77. The van der Waals surface area contributed by atoms with Crippen molar-refractivity contribution in [2.75, 3.05) is 0 Å². The predicted octanol–water partition coefficient (Wildman–Crippen LogP) is 3.82. The van der Waals surface area contributed by atoms with Crippen molar-refractivity contribution in [3.63, 3.8) is 0 Å². The van der Waals surface area contributed by atoms with E-state index in [1.165, 1.54) is 0 Å². The Balaban J connectivity index is 2.48. The zero-order chi connectivity index (χ0) is 9.97. The van der Waals surface area contributed by atoms with Crippen molar-refractivity contribution in [1.29, 1.82) is 0 Å². The molecule has 1 N–H and O–H groups in total. The molecular weight excluding hydrogens is 240 g/mol. The van der Waals surface area contributed by atoms with Crippen molar-refractivity contribution in [2.24, 2.45) is 0 Å². The minimum absolute atomic E-state index is 0.268. The normalized spacial score (nSPS) is 10.1. The van der Waals surface area contributed by atoms with Gasteiger partial charge in [-0.3, -0.25) is 0 Å². The first-order chi connectivity index (χ1) is 6.77. The van der Waals surface area contributed by atoms with Gasteiger partial charge in [0.2, 0.25) is 0 Å². The van der Waals surface area contributed by atoms with Gasteiger partial charge in [-0.1, -0.05) is 36.4 Å². The summed E-state index contributed by atoms with van der Waals surface area (Å²) < 4.78 is 0.721. The summed E-state index contributed by atoms with van der Waals surface area (Å²) >= 11 is 3.29. The lowest BCUT2D eigenvalue weighted by molar-refractivity contribution is 0.472. The Morgan fingerprint density at radius 1 is 0.857 bits per heavy atom. The molecule has 0 aliphatic carbocycles. The number of halogens is 1. The largest absolute Gasteiger partial charge is 0.507 e. The average Bonchev–Trinajstić information content (AvgIpc) is 2.23. The highest BCUT2D eigenvalue weighted by molar-refractivity contribution is 9.10. The quantitative estimate of drug-likeness (QED) is 0.814. The van der Waals surface area contributed by atoms with Crippen molar-refractivity contribution in [3.05, 3.63) is 53.0 Å². The molecular formula is C12H9BrO. The summed E-state index contributed by atoms with van der Waals surface area (Å²) in [6.07, 6.45) is 0. The molecule has 2 aromatic carbocycles. The SMILES string of the molecule is Oc1ccc(-c2ccccc2)cc1Br. The number of phenolic OH excluding ortho intramolecular Hbond substituents is 1. The molecule has 0 unspecified atom stereocenters. The summed E-state index contributed by atoms with van der Waals surface area (Å²) in [6.45, 7) is 0. The van der Waals surface area contributed by atoms with Crippen molar-refractivity contribution in [3.8, 4) is 16.9 Å². The smallest absolute Gasteiger partial charge is 0.129 e. The number of aromatic hydroxyl groups is 1. The Bertz CT molecular complexity index is 437. The molecule has 14 heavy (non-hydrogen) atoms. The highest BCUT2D eigenvalue weighted by Crippen LogP contribution is 2.29. The Labute approximate surface area is 91.2 Å². The standard InChI is InChI=1S/C12H9BrO/c13-11-8-10(6-7-12(11)14)9-4-2-1-3-5-9/h1-8,14H. The van der Waals surface area contributed by atoms with Crippen LogP contribution in [0.4, 0.5) is 0 Å². The van der Waals surface area contributed by atoms with Crippen LogP contribution < -0.4 is 0 Å². The molecule has 0 amide bonds. The first-order valence-corrected chi connectivity index (χ1v) is 5.10. The lowest BCUT2D eigenvalue weighted by atomic mass is 10.1. The van der Waals surface area contributed by atoms with Gasteiger partial charge < -0.3 is 5.11 Å². The van der Waals surface area contributed by atoms with Gasteiger partial charge in [0.1, 0.15) is 5.75 Å². The van der Waals surface area contributed by atoms with Crippen LogP contribution in [0.25, 0.3) is 11.1 Å². The van der Waals surface area contributed by atoms with Crippen molar-refractivity contribution in [2.45, 2.75) is 0 Å². The molecule has 0 radical (unpaired) electrons. The first-order valence-electron chi connectivity index (χ1n) is 4.31. The van der Waals surface area contributed by atoms with Gasteiger partial charge in [0, 0.05) is 0 Å². The lowest BCUT2D eigenvalue weighted by Gasteiger charge is -2.03. The fraction of sp³-hybridized carbons (Fsp3) is 0. The third kappa shape index (κ3) is 1.80. The van der Waals surface area contributed by atoms with Crippen LogP contribution in [0.5, 0.6) is 5.75 Å². The van der Waals surface area contributed by atoms with E-state index < -0.39 is 0 Å². The monoisotopic (exact) mass is 248 g/mol. The van der Waals surface area contributed by atoms with Crippen molar-refractivity contribution < 1.29 is 5.11 Å². The molecule has 0 bridgehead atoms. The van der Waals surface area contributed by atoms with Gasteiger partial charge in [0.15, 0.2) is 0 Å². The minimum Gasteiger partial charge on any atom is -0.507 e. The number of phenols is 1. The van der Waals surface area contributed by atoms with Crippen LogP contribution in [0.3, 0.4) is 0 Å². The molecule has 0 saturated heterocycles. The zero-order valence-electron chi connectivity index (χ0n) is 7.44. The van der Waals surface area contributed by atoms with E-state index in [1.807, 2.05) is 42.5 Å².